The topological polar surface area (TPSA) is 103 Å². The Balaban J connectivity index is 2.32. The molecule has 1 aromatic heterocycles. The summed E-state index contributed by atoms with van der Waals surface area (Å²) >= 11 is 0. The van der Waals surface area contributed by atoms with Crippen LogP contribution in [0.1, 0.15) is 5.89 Å². The largest absolute Gasteiger partial charge is 0.496 e. The quantitative estimate of drug-likeness (QED) is 0.629. The average Bonchev–Trinajstić information content (AvgIpc) is 2.92. The third kappa shape index (κ3) is 2.91. The van der Waals surface area contributed by atoms with Crippen LogP contribution < -0.4 is 10.1 Å². The molecule has 8 nitrogen and oxygen atoms in total. The maximum atomic E-state index is 10.7. The number of nitrogens with one attached hydrogen (secondary N) is 1. The molecular weight excluding hydrogens is 264 g/mol. The molecule has 8 heteroatoms. The first-order chi connectivity index (χ1) is 9.65. The van der Waals surface area contributed by atoms with E-state index in [0.717, 1.165) is 6.54 Å². The molecule has 106 valence electrons. The van der Waals surface area contributed by atoms with Crippen LogP contribution in [0, 0.1) is 10.1 Å². The van der Waals surface area contributed by atoms with Crippen LogP contribution in [0.2, 0.25) is 0 Å². The van der Waals surface area contributed by atoms with Gasteiger partial charge in [-0.15, -0.1) is 10.2 Å². The second-order valence-corrected chi connectivity index (χ2v) is 4.00. The van der Waals surface area contributed by atoms with Gasteiger partial charge in [-0.3, -0.25) is 10.1 Å². The number of nitro groups is 1. The number of aromatic nitrogens is 2. The first-order valence-electron chi connectivity index (χ1n) is 5.95. The Bertz CT molecular complexity index is 611. The zero-order chi connectivity index (χ0) is 14.5. The highest BCUT2D eigenvalue weighted by atomic mass is 16.6. The summed E-state index contributed by atoms with van der Waals surface area (Å²) < 4.78 is 10.6. The molecule has 0 saturated heterocycles. The van der Waals surface area contributed by atoms with Crippen molar-refractivity contribution in [1.29, 1.82) is 0 Å². The molecule has 0 aliphatic carbocycles. The molecule has 0 aliphatic rings. The monoisotopic (exact) mass is 278 g/mol. The maximum Gasteiger partial charge on any atom is 0.273 e. The van der Waals surface area contributed by atoms with Gasteiger partial charge in [0.15, 0.2) is 0 Å². The summed E-state index contributed by atoms with van der Waals surface area (Å²) in [7, 11) is 3.26. The number of ether oxygens (including phenoxy) is 1. The van der Waals surface area contributed by atoms with Gasteiger partial charge in [0, 0.05) is 19.0 Å². The SMILES string of the molecule is CNCCc1nnc(-c2ccc([N+](=O)[O-])cc2OC)o1. The normalized spacial score (nSPS) is 10.5. The van der Waals surface area contributed by atoms with Crippen molar-refractivity contribution in [2.75, 3.05) is 20.7 Å². The van der Waals surface area contributed by atoms with E-state index in [1.54, 1.807) is 0 Å². The summed E-state index contributed by atoms with van der Waals surface area (Å²) in [5.74, 6) is 1.10. The van der Waals surface area contributed by atoms with E-state index < -0.39 is 4.92 Å². The molecule has 0 atom stereocenters. The smallest absolute Gasteiger partial charge is 0.273 e. The molecule has 0 unspecified atom stereocenters. The Kier molecular flexibility index (Phi) is 4.26. The summed E-state index contributed by atoms with van der Waals surface area (Å²) in [5.41, 5.74) is 0.474. The second-order valence-electron chi connectivity index (χ2n) is 4.00. The van der Waals surface area contributed by atoms with Crippen molar-refractivity contribution in [2.45, 2.75) is 6.42 Å². The van der Waals surface area contributed by atoms with E-state index in [9.17, 15) is 10.1 Å². The second kappa shape index (κ2) is 6.11. The minimum atomic E-state index is -0.488. The van der Waals surface area contributed by atoms with Crippen molar-refractivity contribution in [3.05, 3.63) is 34.2 Å². The number of likely N-dealkylation sites (N-methyl/N-ethyl adjacent to an activating group) is 1. The molecule has 2 aromatic rings. The number of nitrogens with zero attached hydrogens (tertiary/aromatic N) is 3. The van der Waals surface area contributed by atoms with Crippen LogP contribution in [0.15, 0.2) is 22.6 Å². The highest BCUT2D eigenvalue weighted by Gasteiger charge is 2.17. The van der Waals surface area contributed by atoms with E-state index in [1.807, 2.05) is 7.05 Å². The fourth-order valence-corrected chi connectivity index (χ4v) is 1.67. The minimum Gasteiger partial charge on any atom is -0.496 e. The molecular formula is C12H14N4O4. The molecule has 2 rings (SSSR count). The van der Waals surface area contributed by atoms with E-state index >= 15 is 0 Å². The zero-order valence-corrected chi connectivity index (χ0v) is 11.1. The molecule has 20 heavy (non-hydrogen) atoms. The highest BCUT2D eigenvalue weighted by molar-refractivity contribution is 5.65. The van der Waals surface area contributed by atoms with Crippen molar-refractivity contribution in [1.82, 2.24) is 15.5 Å². The van der Waals surface area contributed by atoms with Gasteiger partial charge in [-0.2, -0.15) is 0 Å². The van der Waals surface area contributed by atoms with Gasteiger partial charge < -0.3 is 14.5 Å². The standard InChI is InChI=1S/C12H14N4O4/c1-13-6-5-11-14-15-12(20-11)9-4-3-8(16(17)18)7-10(9)19-2/h3-4,7,13H,5-6H2,1-2H3. The third-order valence-electron chi connectivity index (χ3n) is 2.68. The zero-order valence-electron chi connectivity index (χ0n) is 11.1. The molecule has 0 radical (unpaired) electrons. The lowest BCUT2D eigenvalue weighted by atomic mass is 10.2. The number of hydrogen-bond acceptors (Lipinski definition) is 7. The predicted molar refractivity (Wildman–Crippen MR) is 70.6 cm³/mol. The van der Waals surface area contributed by atoms with Gasteiger partial charge in [0.1, 0.15) is 5.75 Å². The Labute approximate surface area is 114 Å². The molecule has 0 aliphatic heterocycles. The number of hydrogen-bond donors (Lipinski definition) is 1. The van der Waals surface area contributed by atoms with E-state index in [0.29, 0.717) is 23.6 Å². The van der Waals surface area contributed by atoms with Gasteiger partial charge >= 0.3 is 0 Å². The number of rotatable bonds is 6. The fourth-order valence-electron chi connectivity index (χ4n) is 1.67. The lowest BCUT2D eigenvalue weighted by Gasteiger charge is -2.04. The number of methoxy groups -OCH3 is 1. The first-order valence-corrected chi connectivity index (χ1v) is 5.95. The molecule has 1 aromatic carbocycles. The van der Waals surface area contributed by atoms with Gasteiger partial charge in [0.2, 0.25) is 5.89 Å². The van der Waals surface area contributed by atoms with E-state index in [-0.39, 0.29) is 11.6 Å². The Morgan fingerprint density at radius 2 is 2.25 bits per heavy atom. The summed E-state index contributed by atoms with van der Waals surface area (Å²) in [6.07, 6.45) is 0.610. The summed E-state index contributed by atoms with van der Waals surface area (Å²) in [4.78, 5) is 10.2. The van der Waals surface area contributed by atoms with Crippen molar-refractivity contribution >= 4 is 5.69 Å². The van der Waals surface area contributed by atoms with Crippen molar-refractivity contribution < 1.29 is 14.1 Å². The van der Waals surface area contributed by atoms with Gasteiger partial charge in [0.25, 0.3) is 11.6 Å². The Hall–Kier alpha value is -2.48. The minimum absolute atomic E-state index is 0.0551. The third-order valence-corrected chi connectivity index (χ3v) is 2.68. The maximum absolute atomic E-state index is 10.7. The first kappa shape index (κ1) is 13.9. The van der Waals surface area contributed by atoms with Gasteiger partial charge in [-0.05, 0) is 13.1 Å². The molecule has 0 saturated carbocycles. The van der Waals surface area contributed by atoms with Gasteiger partial charge in [-0.25, -0.2) is 0 Å². The highest BCUT2D eigenvalue weighted by Crippen LogP contribution is 2.32. The van der Waals surface area contributed by atoms with Crippen LogP contribution in [0.4, 0.5) is 5.69 Å². The van der Waals surface area contributed by atoms with Crippen LogP contribution >= 0.6 is 0 Å². The number of benzene rings is 1. The van der Waals surface area contributed by atoms with Gasteiger partial charge in [0.05, 0.1) is 23.7 Å². The average molecular weight is 278 g/mol. The molecule has 0 fully saturated rings. The molecule has 0 spiro atoms. The lowest BCUT2D eigenvalue weighted by Crippen LogP contribution is -2.10. The van der Waals surface area contributed by atoms with E-state index in [2.05, 4.69) is 15.5 Å². The number of nitro benzene ring substituents is 1. The van der Waals surface area contributed by atoms with E-state index in [1.165, 1.54) is 25.3 Å². The van der Waals surface area contributed by atoms with Crippen molar-refractivity contribution in [3.8, 4) is 17.2 Å². The Morgan fingerprint density at radius 3 is 2.90 bits per heavy atom. The van der Waals surface area contributed by atoms with Crippen molar-refractivity contribution in [3.63, 3.8) is 0 Å². The predicted octanol–water partition coefficient (Wildman–Crippen LogP) is 1.42. The Morgan fingerprint density at radius 1 is 1.45 bits per heavy atom. The fraction of sp³-hybridized carbons (Fsp3) is 0.333. The summed E-state index contributed by atoms with van der Waals surface area (Å²) in [6, 6.07) is 4.23. The lowest BCUT2D eigenvalue weighted by molar-refractivity contribution is -0.384. The van der Waals surface area contributed by atoms with Crippen LogP contribution in [0.5, 0.6) is 5.75 Å². The van der Waals surface area contributed by atoms with Crippen LogP contribution in [0.3, 0.4) is 0 Å². The molecule has 1 heterocycles. The van der Waals surface area contributed by atoms with Crippen LogP contribution in [0.25, 0.3) is 11.5 Å². The van der Waals surface area contributed by atoms with Crippen LogP contribution in [-0.4, -0.2) is 35.8 Å². The van der Waals surface area contributed by atoms with Crippen LogP contribution in [-0.2, 0) is 6.42 Å². The van der Waals surface area contributed by atoms with E-state index in [4.69, 9.17) is 9.15 Å². The number of non-ortho nitro benzene ring substituents is 1. The van der Waals surface area contributed by atoms with Gasteiger partial charge in [-0.1, -0.05) is 0 Å². The summed E-state index contributed by atoms with van der Waals surface area (Å²) in [5, 5.41) is 21.6. The molecule has 0 amide bonds. The molecule has 1 N–H and O–H groups in total. The van der Waals surface area contributed by atoms with Crippen molar-refractivity contribution in [2.24, 2.45) is 0 Å². The summed E-state index contributed by atoms with van der Waals surface area (Å²) in [6.45, 7) is 0.721. The molecule has 0 bridgehead atoms.